The zero-order valence-electron chi connectivity index (χ0n) is 12.4. The predicted octanol–water partition coefficient (Wildman–Crippen LogP) is 3.54. The Kier molecular flexibility index (Phi) is 5.69. The molecule has 0 spiro atoms. The summed E-state index contributed by atoms with van der Waals surface area (Å²) in [4.78, 5) is 0.284. The molecule has 0 saturated carbocycles. The Morgan fingerprint density at radius 3 is 2.32 bits per heavy atom. The van der Waals surface area contributed by atoms with Crippen molar-refractivity contribution in [2.24, 2.45) is 0 Å². The molecule has 0 aliphatic heterocycles. The molecule has 0 amide bonds. The van der Waals surface area contributed by atoms with E-state index < -0.39 is 10.0 Å². The smallest absolute Gasteiger partial charge is 0.207 e. The standard InChI is InChI=1S/C18H19NO2S/c1-16-11-13-18(14-12-16)22(20,21)19-15-7-3-6-10-17-8-4-2-5-9-17/h2-14,19H,15H2,1H3. The van der Waals surface area contributed by atoms with Gasteiger partial charge in [-0.1, -0.05) is 72.3 Å². The monoisotopic (exact) mass is 313 g/mol. The number of rotatable bonds is 6. The second-order valence-corrected chi connectivity index (χ2v) is 6.63. The summed E-state index contributed by atoms with van der Waals surface area (Å²) in [7, 11) is -3.44. The molecule has 114 valence electrons. The summed E-state index contributed by atoms with van der Waals surface area (Å²) in [6, 6.07) is 16.7. The molecule has 22 heavy (non-hydrogen) atoms. The van der Waals surface area contributed by atoms with Crippen molar-refractivity contribution in [2.75, 3.05) is 6.54 Å². The first-order valence-corrected chi connectivity index (χ1v) is 8.51. The Bertz CT molecular complexity index is 745. The van der Waals surface area contributed by atoms with Crippen LogP contribution in [0.15, 0.2) is 77.7 Å². The summed E-state index contributed by atoms with van der Waals surface area (Å²) >= 11 is 0. The van der Waals surface area contributed by atoms with Gasteiger partial charge in [0.1, 0.15) is 0 Å². The Morgan fingerprint density at radius 2 is 1.64 bits per heavy atom. The highest BCUT2D eigenvalue weighted by molar-refractivity contribution is 7.89. The average molecular weight is 313 g/mol. The van der Waals surface area contributed by atoms with Crippen LogP contribution in [0.3, 0.4) is 0 Å². The quantitative estimate of drug-likeness (QED) is 0.829. The molecule has 1 N–H and O–H groups in total. The van der Waals surface area contributed by atoms with E-state index in [2.05, 4.69) is 4.72 Å². The molecule has 0 aromatic heterocycles. The SMILES string of the molecule is Cc1ccc(S(=O)(=O)NCC=CC=Cc2ccccc2)cc1. The van der Waals surface area contributed by atoms with E-state index in [0.717, 1.165) is 11.1 Å². The van der Waals surface area contributed by atoms with Crippen molar-refractivity contribution in [3.8, 4) is 0 Å². The minimum atomic E-state index is -3.44. The first-order chi connectivity index (χ1) is 10.6. The minimum Gasteiger partial charge on any atom is -0.207 e. The van der Waals surface area contributed by atoms with Gasteiger partial charge in [-0.05, 0) is 24.6 Å². The van der Waals surface area contributed by atoms with Gasteiger partial charge in [0.25, 0.3) is 0 Å². The number of hydrogen-bond acceptors (Lipinski definition) is 2. The molecule has 0 aliphatic rings. The summed E-state index contributed by atoms with van der Waals surface area (Å²) in [5.41, 5.74) is 2.14. The van der Waals surface area contributed by atoms with Crippen LogP contribution >= 0.6 is 0 Å². The molecule has 0 unspecified atom stereocenters. The van der Waals surface area contributed by atoms with E-state index in [0.29, 0.717) is 0 Å². The van der Waals surface area contributed by atoms with Gasteiger partial charge in [0.2, 0.25) is 10.0 Å². The zero-order chi connectivity index (χ0) is 15.8. The molecule has 0 heterocycles. The fourth-order valence-corrected chi connectivity index (χ4v) is 2.81. The highest BCUT2D eigenvalue weighted by Crippen LogP contribution is 2.09. The van der Waals surface area contributed by atoms with Crippen molar-refractivity contribution < 1.29 is 8.42 Å². The maximum Gasteiger partial charge on any atom is 0.240 e. The average Bonchev–Trinajstić information content (AvgIpc) is 2.52. The van der Waals surface area contributed by atoms with Crippen molar-refractivity contribution in [1.29, 1.82) is 0 Å². The Morgan fingerprint density at radius 1 is 0.955 bits per heavy atom. The van der Waals surface area contributed by atoms with E-state index in [1.807, 2.05) is 55.5 Å². The van der Waals surface area contributed by atoms with Gasteiger partial charge >= 0.3 is 0 Å². The highest BCUT2D eigenvalue weighted by atomic mass is 32.2. The van der Waals surface area contributed by atoms with Crippen LogP contribution < -0.4 is 4.72 Å². The van der Waals surface area contributed by atoms with Gasteiger partial charge in [0.15, 0.2) is 0 Å². The van der Waals surface area contributed by atoms with Crippen molar-refractivity contribution >= 4 is 16.1 Å². The summed E-state index contributed by atoms with van der Waals surface area (Å²) in [5, 5.41) is 0. The van der Waals surface area contributed by atoms with Crippen molar-refractivity contribution in [3.63, 3.8) is 0 Å². The van der Waals surface area contributed by atoms with Crippen LogP contribution in [0.25, 0.3) is 6.08 Å². The van der Waals surface area contributed by atoms with Crippen molar-refractivity contribution in [1.82, 2.24) is 4.72 Å². The van der Waals surface area contributed by atoms with Crippen LogP contribution in [0.4, 0.5) is 0 Å². The normalized spacial score (nSPS) is 12.2. The molecule has 0 aliphatic carbocycles. The van der Waals surface area contributed by atoms with Crippen LogP contribution in [0.1, 0.15) is 11.1 Å². The van der Waals surface area contributed by atoms with Gasteiger partial charge in [0.05, 0.1) is 4.90 Å². The lowest BCUT2D eigenvalue weighted by molar-refractivity contribution is 0.585. The topological polar surface area (TPSA) is 46.2 Å². The first-order valence-electron chi connectivity index (χ1n) is 7.02. The van der Waals surface area contributed by atoms with E-state index >= 15 is 0 Å². The van der Waals surface area contributed by atoms with Gasteiger partial charge in [-0.2, -0.15) is 0 Å². The molecular formula is C18H19NO2S. The lowest BCUT2D eigenvalue weighted by atomic mass is 10.2. The predicted molar refractivity (Wildman–Crippen MR) is 91.0 cm³/mol. The van der Waals surface area contributed by atoms with Crippen LogP contribution in [0.2, 0.25) is 0 Å². The molecule has 0 atom stereocenters. The second kappa shape index (κ2) is 7.73. The molecule has 2 aromatic carbocycles. The van der Waals surface area contributed by atoms with Crippen LogP contribution in [0, 0.1) is 6.92 Å². The molecule has 0 saturated heterocycles. The zero-order valence-corrected chi connectivity index (χ0v) is 13.3. The number of nitrogens with one attached hydrogen (secondary N) is 1. The Balaban J connectivity index is 1.86. The Labute approximate surface area is 132 Å². The number of benzene rings is 2. The summed E-state index contributed by atoms with van der Waals surface area (Å²) in [5.74, 6) is 0. The van der Waals surface area contributed by atoms with E-state index in [-0.39, 0.29) is 11.4 Å². The van der Waals surface area contributed by atoms with E-state index in [4.69, 9.17) is 0 Å². The van der Waals surface area contributed by atoms with Gasteiger partial charge in [0, 0.05) is 6.54 Å². The maximum absolute atomic E-state index is 12.0. The molecule has 2 rings (SSSR count). The fourth-order valence-electron chi connectivity index (χ4n) is 1.84. The third kappa shape index (κ3) is 4.98. The number of aryl methyl sites for hydroxylation is 1. The number of allylic oxidation sites excluding steroid dienone is 2. The van der Waals surface area contributed by atoms with Gasteiger partial charge in [-0.15, -0.1) is 0 Å². The van der Waals surface area contributed by atoms with E-state index in [9.17, 15) is 8.42 Å². The van der Waals surface area contributed by atoms with Gasteiger partial charge in [-0.25, -0.2) is 13.1 Å². The minimum absolute atomic E-state index is 0.259. The summed E-state index contributed by atoms with van der Waals surface area (Å²) in [6.07, 6.45) is 7.44. The van der Waals surface area contributed by atoms with E-state index in [1.165, 1.54) is 0 Å². The van der Waals surface area contributed by atoms with Crippen LogP contribution in [-0.2, 0) is 10.0 Å². The molecule has 0 fully saturated rings. The molecule has 2 aromatic rings. The van der Waals surface area contributed by atoms with Gasteiger partial charge in [-0.3, -0.25) is 0 Å². The lowest BCUT2D eigenvalue weighted by Crippen LogP contribution is -2.23. The highest BCUT2D eigenvalue weighted by Gasteiger charge is 2.11. The summed E-state index contributed by atoms with van der Waals surface area (Å²) in [6.45, 7) is 2.18. The first kappa shape index (κ1) is 16.2. The fraction of sp³-hybridized carbons (Fsp3) is 0.111. The van der Waals surface area contributed by atoms with Crippen LogP contribution in [-0.4, -0.2) is 15.0 Å². The third-order valence-electron chi connectivity index (χ3n) is 3.06. The number of hydrogen-bond donors (Lipinski definition) is 1. The Hall–Kier alpha value is -2.17. The maximum atomic E-state index is 12.0. The number of sulfonamides is 1. The molecule has 0 radical (unpaired) electrons. The van der Waals surface area contributed by atoms with Crippen molar-refractivity contribution in [3.05, 3.63) is 84.0 Å². The third-order valence-corrected chi connectivity index (χ3v) is 4.50. The second-order valence-electron chi connectivity index (χ2n) is 4.86. The molecule has 4 heteroatoms. The van der Waals surface area contributed by atoms with Crippen LogP contribution in [0.5, 0.6) is 0 Å². The molecule has 3 nitrogen and oxygen atoms in total. The molecular weight excluding hydrogens is 294 g/mol. The lowest BCUT2D eigenvalue weighted by Gasteiger charge is -2.04. The molecule has 0 bridgehead atoms. The van der Waals surface area contributed by atoms with E-state index in [1.54, 1.807) is 30.3 Å². The van der Waals surface area contributed by atoms with Crippen molar-refractivity contribution in [2.45, 2.75) is 11.8 Å². The van der Waals surface area contributed by atoms with Gasteiger partial charge < -0.3 is 0 Å². The summed E-state index contributed by atoms with van der Waals surface area (Å²) < 4.78 is 26.6. The largest absolute Gasteiger partial charge is 0.240 e.